The first-order valence-electron chi connectivity index (χ1n) is 3.71. The predicted molar refractivity (Wildman–Crippen MR) is 45.9 cm³/mol. The number of nitrogens with zero attached hydrogens (tertiary/aromatic N) is 1. The lowest BCUT2D eigenvalue weighted by Gasteiger charge is -2.02. The van der Waals surface area contributed by atoms with Gasteiger partial charge in [-0.15, -0.1) is 11.3 Å². The van der Waals surface area contributed by atoms with Crippen LogP contribution < -0.4 is 0 Å². The fourth-order valence-electron chi connectivity index (χ4n) is 0.806. The van der Waals surface area contributed by atoms with Crippen LogP contribution in [0.15, 0.2) is 5.38 Å². The van der Waals surface area contributed by atoms with Gasteiger partial charge in [-0.2, -0.15) is 13.2 Å². The third kappa shape index (κ3) is 3.80. The van der Waals surface area contributed by atoms with Gasteiger partial charge in [0.05, 0.1) is 12.9 Å². The number of thiazole rings is 1. The number of halogens is 3. The van der Waals surface area contributed by atoms with Crippen molar-refractivity contribution in [1.29, 1.82) is 0 Å². The Balaban J connectivity index is 2.46. The van der Waals surface area contributed by atoms with Gasteiger partial charge >= 0.3 is 6.18 Å². The van der Waals surface area contributed by atoms with E-state index in [1.54, 1.807) is 5.38 Å². The summed E-state index contributed by atoms with van der Waals surface area (Å²) >= 11 is 1.22. The van der Waals surface area contributed by atoms with Crippen molar-refractivity contribution in [2.24, 2.45) is 0 Å². The van der Waals surface area contributed by atoms with Gasteiger partial charge in [-0.1, -0.05) is 0 Å². The van der Waals surface area contributed by atoms with Crippen molar-refractivity contribution in [2.45, 2.75) is 25.3 Å². The van der Waals surface area contributed by atoms with Crippen molar-refractivity contribution in [3.8, 4) is 0 Å². The summed E-state index contributed by atoms with van der Waals surface area (Å²) in [6, 6.07) is 0. The molecule has 13 heavy (non-hydrogen) atoms. The summed E-state index contributed by atoms with van der Waals surface area (Å²) in [6.07, 6.45) is -4.68. The molecule has 0 aliphatic carbocycles. The monoisotopic (exact) mass is 205 g/mol. The van der Waals surface area contributed by atoms with Gasteiger partial charge in [0.15, 0.2) is 0 Å². The van der Waals surface area contributed by atoms with E-state index >= 15 is 0 Å². The summed E-state index contributed by atoms with van der Waals surface area (Å²) in [5, 5.41) is 2.18. The molecule has 70 valence electrons. The van der Waals surface area contributed by atoms with Gasteiger partial charge in [-0.05, 0) is 6.32 Å². The van der Waals surface area contributed by atoms with E-state index < -0.39 is 12.6 Å². The molecule has 0 fully saturated rings. The Morgan fingerprint density at radius 1 is 1.46 bits per heavy atom. The lowest BCUT2D eigenvalue weighted by molar-refractivity contribution is -0.134. The van der Waals surface area contributed by atoms with Crippen LogP contribution in [-0.4, -0.2) is 19.0 Å². The molecule has 0 aliphatic heterocycles. The van der Waals surface area contributed by atoms with Crippen molar-refractivity contribution in [2.75, 3.05) is 0 Å². The standard InChI is InChI=1S/C7H7BF3NS/c8-3-5-4-13-6(12-5)1-2-7(9,10)11/h4H,1-3H2. The summed E-state index contributed by atoms with van der Waals surface area (Å²) in [5.41, 5.74) is 0.655. The van der Waals surface area contributed by atoms with Gasteiger partial charge in [0.25, 0.3) is 0 Å². The lowest BCUT2D eigenvalue weighted by atomic mass is 10.0. The Hall–Kier alpha value is -0.515. The first kappa shape index (κ1) is 10.6. The Kier molecular flexibility index (Phi) is 3.36. The summed E-state index contributed by atoms with van der Waals surface area (Å²) in [4.78, 5) is 3.93. The third-order valence-corrected chi connectivity index (χ3v) is 2.39. The van der Waals surface area contributed by atoms with E-state index in [-0.39, 0.29) is 12.7 Å². The van der Waals surface area contributed by atoms with Crippen molar-refractivity contribution in [3.05, 3.63) is 16.1 Å². The van der Waals surface area contributed by atoms with Gasteiger partial charge < -0.3 is 0 Å². The van der Waals surface area contributed by atoms with Crippen LogP contribution in [0.25, 0.3) is 0 Å². The Bertz CT molecular complexity index is 271. The van der Waals surface area contributed by atoms with Crippen molar-refractivity contribution in [3.63, 3.8) is 0 Å². The molecule has 1 rings (SSSR count). The normalized spacial score (nSPS) is 11.9. The molecule has 1 aromatic heterocycles. The maximum atomic E-state index is 11.8. The molecule has 0 saturated heterocycles. The molecule has 1 aromatic rings. The Labute approximate surface area is 79.4 Å². The van der Waals surface area contributed by atoms with Crippen LogP contribution in [0.4, 0.5) is 13.2 Å². The van der Waals surface area contributed by atoms with Gasteiger partial charge in [0.2, 0.25) is 0 Å². The SMILES string of the molecule is [B]Cc1csc(CCC(F)(F)F)n1. The zero-order valence-electron chi connectivity index (χ0n) is 6.77. The fourth-order valence-corrected chi connectivity index (χ4v) is 1.62. The average Bonchev–Trinajstić information content (AvgIpc) is 2.47. The minimum atomic E-state index is -4.10. The van der Waals surface area contributed by atoms with Crippen LogP contribution >= 0.6 is 11.3 Å². The highest BCUT2D eigenvalue weighted by atomic mass is 32.1. The first-order valence-corrected chi connectivity index (χ1v) is 4.59. The van der Waals surface area contributed by atoms with Gasteiger partial charge in [-0.25, -0.2) is 4.98 Å². The van der Waals surface area contributed by atoms with Gasteiger partial charge in [0, 0.05) is 23.9 Å². The van der Waals surface area contributed by atoms with E-state index in [2.05, 4.69) is 4.98 Å². The van der Waals surface area contributed by atoms with Crippen LogP contribution in [0.5, 0.6) is 0 Å². The third-order valence-electron chi connectivity index (χ3n) is 1.43. The lowest BCUT2D eigenvalue weighted by Crippen LogP contribution is -2.08. The molecule has 0 amide bonds. The summed E-state index contributed by atoms with van der Waals surface area (Å²) in [7, 11) is 5.27. The molecular formula is C7H7BF3NS. The number of hydrogen-bond donors (Lipinski definition) is 0. The zero-order chi connectivity index (χ0) is 9.90. The number of alkyl halides is 3. The van der Waals surface area contributed by atoms with Gasteiger partial charge in [0.1, 0.15) is 0 Å². The number of rotatable bonds is 3. The summed E-state index contributed by atoms with van der Waals surface area (Å²) < 4.78 is 35.3. The predicted octanol–water partition coefficient (Wildman–Crippen LogP) is 2.31. The number of aromatic nitrogens is 1. The molecule has 1 heterocycles. The second-order valence-electron chi connectivity index (χ2n) is 2.55. The fraction of sp³-hybridized carbons (Fsp3) is 0.571. The largest absolute Gasteiger partial charge is 0.389 e. The minimum absolute atomic E-state index is 0.0475. The molecule has 0 spiro atoms. The van der Waals surface area contributed by atoms with E-state index in [0.717, 1.165) is 0 Å². The molecule has 2 radical (unpaired) electrons. The first-order chi connectivity index (χ1) is 6.01. The van der Waals surface area contributed by atoms with Crippen LogP contribution in [0.3, 0.4) is 0 Å². The molecule has 0 unspecified atom stereocenters. The van der Waals surface area contributed by atoms with E-state index in [4.69, 9.17) is 7.85 Å². The molecule has 0 saturated carbocycles. The molecular weight excluding hydrogens is 198 g/mol. The molecule has 0 aromatic carbocycles. The second-order valence-corrected chi connectivity index (χ2v) is 3.49. The maximum Gasteiger partial charge on any atom is 0.389 e. The Morgan fingerprint density at radius 3 is 2.62 bits per heavy atom. The molecule has 6 heteroatoms. The van der Waals surface area contributed by atoms with E-state index in [1.807, 2.05) is 0 Å². The van der Waals surface area contributed by atoms with Crippen LogP contribution in [0.1, 0.15) is 17.1 Å². The maximum absolute atomic E-state index is 11.8. The molecule has 0 bridgehead atoms. The zero-order valence-corrected chi connectivity index (χ0v) is 7.58. The highest BCUT2D eigenvalue weighted by Gasteiger charge is 2.26. The average molecular weight is 205 g/mol. The van der Waals surface area contributed by atoms with E-state index in [0.29, 0.717) is 10.7 Å². The number of aryl methyl sites for hydroxylation is 1. The van der Waals surface area contributed by atoms with Crippen LogP contribution in [-0.2, 0) is 12.7 Å². The van der Waals surface area contributed by atoms with Crippen LogP contribution in [0, 0.1) is 0 Å². The van der Waals surface area contributed by atoms with E-state index in [1.165, 1.54) is 11.3 Å². The Morgan fingerprint density at radius 2 is 2.15 bits per heavy atom. The minimum Gasteiger partial charge on any atom is -0.247 e. The molecule has 0 aliphatic rings. The van der Waals surface area contributed by atoms with Crippen molar-refractivity contribution < 1.29 is 13.2 Å². The summed E-state index contributed by atoms with van der Waals surface area (Å²) in [5.74, 6) is 0. The number of hydrogen-bond acceptors (Lipinski definition) is 2. The quantitative estimate of drug-likeness (QED) is 0.690. The van der Waals surface area contributed by atoms with Crippen molar-refractivity contribution in [1.82, 2.24) is 4.98 Å². The smallest absolute Gasteiger partial charge is 0.247 e. The highest BCUT2D eigenvalue weighted by Crippen LogP contribution is 2.23. The second kappa shape index (κ2) is 4.13. The van der Waals surface area contributed by atoms with Gasteiger partial charge in [-0.3, -0.25) is 0 Å². The topological polar surface area (TPSA) is 12.9 Å². The molecule has 0 N–H and O–H groups in total. The molecule has 0 atom stereocenters. The van der Waals surface area contributed by atoms with Crippen LogP contribution in [0.2, 0.25) is 0 Å². The highest BCUT2D eigenvalue weighted by molar-refractivity contribution is 7.09. The summed E-state index contributed by atoms with van der Waals surface area (Å²) in [6.45, 7) is 0. The molecule has 1 nitrogen and oxygen atoms in total. The van der Waals surface area contributed by atoms with E-state index in [9.17, 15) is 13.2 Å². The van der Waals surface area contributed by atoms with Crippen molar-refractivity contribution >= 4 is 19.2 Å².